The molecule has 1 aromatic heterocycles. The van der Waals surface area contributed by atoms with Gasteiger partial charge in [-0.3, -0.25) is 4.79 Å². The fraction of sp³-hybridized carbons (Fsp3) is 0.333. The van der Waals surface area contributed by atoms with Crippen molar-refractivity contribution in [2.75, 3.05) is 0 Å². The second-order valence-electron chi connectivity index (χ2n) is 6.70. The molecule has 0 aliphatic carbocycles. The second kappa shape index (κ2) is 7.36. The lowest BCUT2D eigenvalue weighted by molar-refractivity contribution is 0.0998. The van der Waals surface area contributed by atoms with E-state index in [4.69, 9.17) is 0 Å². The van der Waals surface area contributed by atoms with Gasteiger partial charge in [-0.25, -0.2) is 0 Å². The zero-order chi connectivity index (χ0) is 18.0. The molecule has 0 atom stereocenters. The molecule has 4 heteroatoms. The number of aryl methyl sites for hydroxylation is 2. The van der Waals surface area contributed by atoms with Crippen LogP contribution in [0.1, 0.15) is 54.6 Å². The number of hydrogen-bond donors (Lipinski definition) is 0. The maximum absolute atomic E-state index is 12.6. The van der Waals surface area contributed by atoms with E-state index in [2.05, 4.69) is 48.5 Å². The minimum absolute atomic E-state index is 0.180. The number of benzene rings is 2. The predicted octanol–water partition coefficient (Wildman–Crippen LogP) is 5.29. The highest BCUT2D eigenvalue weighted by Gasteiger charge is 2.10. The summed E-state index contributed by atoms with van der Waals surface area (Å²) < 4.78 is 3.35. The van der Waals surface area contributed by atoms with Gasteiger partial charge in [0.05, 0.1) is 10.2 Å². The number of carbonyl (C=O) groups is 1. The van der Waals surface area contributed by atoms with Crippen molar-refractivity contribution < 1.29 is 4.79 Å². The van der Waals surface area contributed by atoms with Crippen molar-refractivity contribution in [2.45, 2.75) is 46.6 Å². The maximum Gasteiger partial charge on any atom is 0.279 e. The van der Waals surface area contributed by atoms with Crippen LogP contribution < -0.4 is 4.80 Å². The Hall–Kier alpha value is -2.20. The zero-order valence-electron chi connectivity index (χ0n) is 15.2. The summed E-state index contributed by atoms with van der Waals surface area (Å²) in [5.74, 6) is 0.307. The molecule has 0 saturated heterocycles. The average Bonchev–Trinajstić information content (AvgIpc) is 2.92. The van der Waals surface area contributed by atoms with Crippen LogP contribution in [0.3, 0.4) is 0 Å². The summed E-state index contributed by atoms with van der Waals surface area (Å²) in [5.41, 5.74) is 4.25. The van der Waals surface area contributed by atoms with Gasteiger partial charge in [-0.1, -0.05) is 55.9 Å². The monoisotopic (exact) mass is 352 g/mol. The van der Waals surface area contributed by atoms with E-state index in [1.807, 2.05) is 31.2 Å². The number of carbonyl (C=O) groups excluding carboxylic acids is 1. The summed E-state index contributed by atoms with van der Waals surface area (Å²) in [7, 11) is 0. The molecule has 0 aliphatic rings. The van der Waals surface area contributed by atoms with E-state index in [0.717, 1.165) is 28.8 Å². The lowest BCUT2D eigenvalue weighted by Gasteiger charge is -2.06. The third-order valence-electron chi connectivity index (χ3n) is 4.32. The van der Waals surface area contributed by atoms with Crippen molar-refractivity contribution in [2.24, 2.45) is 4.99 Å². The Labute approximate surface area is 152 Å². The molecule has 1 heterocycles. The molecule has 0 fully saturated rings. The van der Waals surface area contributed by atoms with Crippen LogP contribution in [0.5, 0.6) is 0 Å². The summed E-state index contributed by atoms with van der Waals surface area (Å²) in [5, 5.41) is 0. The SMILES string of the molecule is CCCn1c(=NC(=O)c2ccc(C)cc2)sc2cc(C(C)C)ccc21. The smallest absolute Gasteiger partial charge is 0.279 e. The van der Waals surface area contributed by atoms with Gasteiger partial charge in [0, 0.05) is 12.1 Å². The average molecular weight is 353 g/mol. The van der Waals surface area contributed by atoms with E-state index in [9.17, 15) is 4.79 Å². The van der Waals surface area contributed by atoms with Gasteiger partial charge in [0.15, 0.2) is 4.80 Å². The molecule has 25 heavy (non-hydrogen) atoms. The van der Waals surface area contributed by atoms with Crippen molar-refractivity contribution >= 4 is 27.5 Å². The van der Waals surface area contributed by atoms with Gasteiger partial charge >= 0.3 is 0 Å². The van der Waals surface area contributed by atoms with Crippen LogP contribution >= 0.6 is 11.3 Å². The van der Waals surface area contributed by atoms with Gasteiger partial charge in [0.25, 0.3) is 5.91 Å². The van der Waals surface area contributed by atoms with Crippen LogP contribution in [0.15, 0.2) is 47.5 Å². The summed E-state index contributed by atoms with van der Waals surface area (Å²) >= 11 is 1.60. The number of thiazole rings is 1. The molecule has 0 bridgehead atoms. The maximum atomic E-state index is 12.6. The lowest BCUT2D eigenvalue weighted by atomic mass is 10.0. The van der Waals surface area contributed by atoms with Gasteiger partial charge in [-0.05, 0) is 49.1 Å². The van der Waals surface area contributed by atoms with Crippen LogP contribution in [0.2, 0.25) is 0 Å². The molecule has 130 valence electrons. The number of hydrogen-bond acceptors (Lipinski definition) is 2. The Balaban J connectivity index is 2.11. The summed E-state index contributed by atoms with van der Waals surface area (Å²) in [6.07, 6.45) is 1.00. The summed E-state index contributed by atoms with van der Waals surface area (Å²) in [4.78, 5) is 17.8. The van der Waals surface area contributed by atoms with Gasteiger partial charge in [0.2, 0.25) is 0 Å². The van der Waals surface area contributed by atoms with E-state index in [0.29, 0.717) is 11.5 Å². The van der Waals surface area contributed by atoms with Gasteiger partial charge in [-0.15, -0.1) is 0 Å². The normalized spacial score (nSPS) is 12.3. The predicted molar refractivity (Wildman–Crippen MR) is 105 cm³/mol. The third-order valence-corrected chi connectivity index (χ3v) is 5.36. The molecule has 0 saturated carbocycles. The van der Waals surface area contributed by atoms with Crippen LogP contribution in [0.25, 0.3) is 10.2 Å². The molecule has 2 aromatic carbocycles. The molecule has 0 unspecified atom stereocenters. The van der Waals surface area contributed by atoms with Gasteiger partial charge in [0.1, 0.15) is 0 Å². The fourth-order valence-electron chi connectivity index (χ4n) is 2.82. The Morgan fingerprint density at radius 1 is 1.16 bits per heavy atom. The Morgan fingerprint density at radius 3 is 2.52 bits per heavy atom. The molecule has 1 amide bonds. The highest BCUT2D eigenvalue weighted by atomic mass is 32.1. The van der Waals surface area contributed by atoms with Crippen LogP contribution in [0.4, 0.5) is 0 Å². The minimum Gasteiger partial charge on any atom is -0.316 e. The fourth-order valence-corrected chi connectivity index (χ4v) is 3.92. The van der Waals surface area contributed by atoms with E-state index >= 15 is 0 Å². The lowest BCUT2D eigenvalue weighted by Crippen LogP contribution is -2.16. The van der Waals surface area contributed by atoms with Crippen molar-refractivity contribution in [3.8, 4) is 0 Å². The van der Waals surface area contributed by atoms with E-state index in [-0.39, 0.29) is 5.91 Å². The Bertz CT molecular complexity index is 962. The molecular weight excluding hydrogens is 328 g/mol. The standard InChI is InChI=1S/C21H24N2OS/c1-5-12-23-18-11-10-17(14(2)3)13-19(18)25-21(23)22-20(24)16-8-6-15(4)7-9-16/h6-11,13-14H,5,12H2,1-4H3. The number of nitrogens with zero attached hydrogens (tertiary/aromatic N) is 2. The Morgan fingerprint density at radius 2 is 1.88 bits per heavy atom. The number of rotatable bonds is 4. The van der Waals surface area contributed by atoms with Crippen LogP contribution in [-0.4, -0.2) is 10.5 Å². The van der Waals surface area contributed by atoms with E-state index < -0.39 is 0 Å². The van der Waals surface area contributed by atoms with E-state index in [1.54, 1.807) is 11.3 Å². The number of aromatic nitrogens is 1. The first-order valence-electron chi connectivity index (χ1n) is 8.78. The van der Waals surface area contributed by atoms with Crippen molar-refractivity contribution in [3.63, 3.8) is 0 Å². The van der Waals surface area contributed by atoms with Crippen molar-refractivity contribution in [1.29, 1.82) is 0 Å². The molecule has 3 aromatic rings. The number of amides is 1. The second-order valence-corrected chi connectivity index (χ2v) is 7.71. The molecule has 3 nitrogen and oxygen atoms in total. The highest BCUT2D eigenvalue weighted by molar-refractivity contribution is 7.16. The molecule has 0 N–H and O–H groups in total. The van der Waals surface area contributed by atoms with Crippen LogP contribution in [0, 0.1) is 6.92 Å². The van der Waals surface area contributed by atoms with Crippen molar-refractivity contribution in [3.05, 3.63) is 64.0 Å². The van der Waals surface area contributed by atoms with Crippen molar-refractivity contribution in [1.82, 2.24) is 4.57 Å². The minimum atomic E-state index is -0.180. The summed E-state index contributed by atoms with van der Waals surface area (Å²) in [6, 6.07) is 14.1. The van der Waals surface area contributed by atoms with E-state index in [1.165, 1.54) is 10.3 Å². The molecule has 0 aliphatic heterocycles. The first-order valence-corrected chi connectivity index (χ1v) is 9.60. The Kier molecular flexibility index (Phi) is 5.19. The largest absolute Gasteiger partial charge is 0.316 e. The highest BCUT2D eigenvalue weighted by Crippen LogP contribution is 2.23. The third kappa shape index (κ3) is 3.74. The molecule has 0 radical (unpaired) electrons. The molecule has 0 spiro atoms. The van der Waals surface area contributed by atoms with Gasteiger partial charge < -0.3 is 4.57 Å². The molecule has 3 rings (SSSR count). The number of fused-ring (bicyclic) bond motifs is 1. The van der Waals surface area contributed by atoms with Crippen LogP contribution in [-0.2, 0) is 6.54 Å². The summed E-state index contributed by atoms with van der Waals surface area (Å²) in [6.45, 7) is 9.41. The quantitative estimate of drug-likeness (QED) is 0.628. The van der Waals surface area contributed by atoms with Gasteiger partial charge in [-0.2, -0.15) is 4.99 Å². The zero-order valence-corrected chi connectivity index (χ0v) is 16.1. The first-order chi connectivity index (χ1) is 12.0. The molecular formula is C21H24N2OS. The first kappa shape index (κ1) is 17.6. The topological polar surface area (TPSA) is 34.4 Å².